The third-order valence-electron chi connectivity index (χ3n) is 8.54. The summed E-state index contributed by atoms with van der Waals surface area (Å²) >= 11 is -1.77. The molecule has 0 N–H and O–H groups in total. The zero-order valence-corrected chi connectivity index (χ0v) is 30.4. The van der Waals surface area contributed by atoms with E-state index in [-0.39, 0.29) is 17.1 Å². The largest absolute Gasteiger partial charge is 0.517 e. The molecule has 1 saturated heterocycles. The molecule has 3 aromatic rings. The van der Waals surface area contributed by atoms with Crippen LogP contribution in [0.2, 0.25) is 0 Å². The minimum absolute atomic E-state index is 0.0688. The summed E-state index contributed by atoms with van der Waals surface area (Å²) < 4.78 is 13.2. The molecule has 3 aromatic carbocycles. The molecule has 1 atom stereocenters. The van der Waals surface area contributed by atoms with Gasteiger partial charge in [-0.05, 0) is 61.3 Å². The van der Waals surface area contributed by atoms with Crippen LogP contribution in [0.25, 0.3) is 0 Å². The van der Waals surface area contributed by atoms with E-state index in [4.69, 9.17) is 28.9 Å². The van der Waals surface area contributed by atoms with Crippen molar-refractivity contribution in [3.8, 4) is 11.5 Å². The standard InChI is InChI=1S/C27H36NO.C10H12O.2ClH.Ru/c1-18(2)20-10-8-11-21(19(3)4)25(20)28-17-27(16-26(28,5)6)15-14-22-23(27)12-9-13-24(22)29-7;1-8(2)11-10-7-5-4-6-9(10)3;;;/h8-13,17-19H,14-16H2,1-7H3;3-8H,1-2H3;2*1H;/q-1;;;;+2/p-2/t27-;;;;/m0..../s1. The van der Waals surface area contributed by atoms with Crippen LogP contribution in [0.1, 0.15) is 108 Å². The molecule has 5 rings (SSSR count). The number of methoxy groups -OCH3 is 1. The molecule has 43 heavy (non-hydrogen) atoms. The number of rotatable bonds is 7. The fourth-order valence-electron chi connectivity index (χ4n) is 6.77. The maximum absolute atomic E-state index is 5.82. The van der Waals surface area contributed by atoms with Crippen LogP contribution in [0.4, 0.5) is 5.69 Å². The fraction of sp³-hybridized carbons (Fsp3) is 0.459. The van der Waals surface area contributed by atoms with Gasteiger partial charge in [0.05, 0.1) is 7.11 Å². The van der Waals surface area contributed by atoms with Gasteiger partial charge in [0, 0.05) is 11.2 Å². The number of benzene rings is 3. The van der Waals surface area contributed by atoms with Gasteiger partial charge in [0.25, 0.3) is 0 Å². The van der Waals surface area contributed by atoms with E-state index >= 15 is 0 Å². The second kappa shape index (κ2) is 14.1. The quantitative estimate of drug-likeness (QED) is 0.180. The Hall–Kier alpha value is -1.87. The van der Waals surface area contributed by atoms with Crippen molar-refractivity contribution in [1.82, 2.24) is 0 Å². The Bertz CT molecular complexity index is 1420. The van der Waals surface area contributed by atoms with Crippen LogP contribution in [-0.4, -0.2) is 23.4 Å². The molecular weight excluding hydrogens is 662 g/mol. The van der Waals surface area contributed by atoms with Gasteiger partial charge >= 0.3 is 97.8 Å². The van der Waals surface area contributed by atoms with Crippen LogP contribution in [0.15, 0.2) is 60.7 Å². The predicted octanol–water partition coefficient (Wildman–Crippen LogP) is 10.5. The molecule has 0 bridgehead atoms. The van der Waals surface area contributed by atoms with E-state index in [2.05, 4.69) is 89.4 Å². The van der Waals surface area contributed by atoms with E-state index in [9.17, 15) is 0 Å². The molecule has 0 unspecified atom stereocenters. The molecule has 236 valence electrons. The number of fused-ring (bicyclic) bond motifs is 2. The Labute approximate surface area is 273 Å². The fourth-order valence-corrected chi connectivity index (χ4v) is 8.58. The first-order valence-electron chi connectivity index (χ1n) is 15.3. The van der Waals surface area contributed by atoms with Gasteiger partial charge in [-0.25, -0.2) is 6.54 Å². The van der Waals surface area contributed by atoms with Crippen LogP contribution in [0, 0.1) is 6.54 Å². The number of hydrogen-bond acceptors (Lipinski definition) is 3. The minimum atomic E-state index is -1.77. The van der Waals surface area contributed by atoms with Crippen molar-refractivity contribution in [2.45, 2.75) is 104 Å². The minimum Gasteiger partial charge on any atom is -0.517 e. The maximum Gasteiger partial charge on any atom is 0.122 e. The second-order valence-electron chi connectivity index (χ2n) is 13.2. The average Bonchev–Trinajstić information content (AvgIpc) is 3.43. The van der Waals surface area contributed by atoms with Crippen molar-refractivity contribution in [2.24, 2.45) is 0 Å². The Morgan fingerprint density at radius 2 is 1.47 bits per heavy atom. The first-order chi connectivity index (χ1) is 20.3. The molecule has 0 aromatic heterocycles. The normalized spacial score (nSPS) is 19.0. The zero-order chi connectivity index (χ0) is 31.5. The van der Waals surface area contributed by atoms with Gasteiger partial charge in [0.1, 0.15) is 5.75 Å². The summed E-state index contributed by atoms with van der Waals surface area (Å²) in [5.74, 6) is 2.90. The molecule has 1 heterocycles. The Kier molecular flexibility index (Phi) is 11.1. The van der Waals surface area contributed by atoms with Crippen LogP contribution in [-0.2, 0) is 25.4 Å². The molecule has 0 saturated carbocycles. The molecule has 1 aliphatic carbocycles. The summed E-state index contributed by atoms with van der Waals surface area (Å²) in [5.41, 5.74) is 8.40. The molecule has 0 radical (unpaired) electrons. The first-order valence-corrected chi connectivity index (χ1v) is 20.8. The Morgan fingerprint density at radius 1 is 0.860 bits per heavy atom. The van der Waals surface area contributed by atoms with E-state index in [1.165, 1.54) is 34.4 Å². The number of anilines is 1. The third-order valence-corrected chi connectivity index (χ3v) is 10.4. The summed E-state index contributed by atoms with van der Waals surface area (Å²) in [5, 5.41) is 0. The summed E-state index contributed by atoms with van der Waals surface area (Å²) in [4.78, 5) is 2.63. The van der Waals surface area contributed by atoms with Crippen molar-refractivity contribution in [1.29, 1.82) is 0 Å². The number of hydrogen-bond donors (Lipinski definition) is 0. The molecule has 3 nitrogen and oxygen atoms in total. The van der Waals surface area contributed by atoms with Crippen molar-refractivity contribution in [3.05, 3.63) is 95.0 Å². The van der Waals surface area contributed by atoms with E-state index in [1.54, 1.807) is 7.11 Å². The predicted molar refractivity (Wildman–Crippen MR) is 182 cm³/mol. The van der Waals surface area contributed by atoms with Crippen molar-refractivity contribution in [2.75, 3.05) is 12.0 Å². The molecule has 6 heteroatoms. The average molecular weight is 711 g/mol. The van der Waals surface area contributed by atoms with Gasteiger partial charge < -0.3 is 9.64 Å². The van der Waals surface area contributed by atoms with Gasteiger partial charge in [-0.1, -0.05) is 70.0 Å². The summed E-state index contributed by atoms with van der Waals surface area (Å²) in [6, 6.07) is 21.3. The van der Waals surface area contributed by atoms with Crippen molar-refractivity contribution >= 4 is 29.7 Å². The van der Waals surface area contributed by atoms with Crippen LogP contribution in [0.5, 0.6) is 11.5 Å². The number of ether oxygens (including phenoxy) is 2. The molecule has 1 spiro atoms. The molecule has 1 fully saturated rings. The topological polar surface area (TPSA) is 21.7 Å². The van der Waals surface area contributed by atoms with Crippen LogP contribution in [0.3, 0.4) is 0 Å². The zero-order valence-electron chi connectivity index (χ0n) is 27.2. The summed E-state index contributed by atoms with van der Waals surface area (Å²) in [7, 11) is 13.4. The van der Waals surface area contributed by atoms with E-state index < -0.39 is 13.5 Å². The third kappa shape index (κ3) is 7.51. The molecule has 0 amide bonds. The van der Waals surface area contributed by atoms with Crippen molar-refractivity contribution in [3.63, 3.8) is 0 Å². The summed E-state index contributed by atoms with van der Waals surface area (Å²) in [6.45, 7) is 20.7. The number of para-hydroxylation sites is 2. The van der Waals surface area contributed by atoms with Gasteiger partial charge in [-0.2, -0.15) is 0 Å². The van der Waals surface area contributed by atoms with Crippen LogP contribution < -0.4 is 14.4 Å². The smallest absolute Gasteiger partial charge is 0.122 e. The Balaban J connectivity index is 0.000000255. The first kappa shape index (κ1) is 34.0. The number of nitrogens with zero attached hydrogens (tertiary/aromatic N) is 1. The molecule has 2 aliphatic rings. The second-order valence-corrected chi connectivity index (χ2v) is 19.0. The molecular formula is C37H48Cl2NO2Ru-. The summed E-state index contributed by atoms with van der Waals surface area (Å²) in [6.07, 6.45) is 3.58. The molecule has 1 aliphatic heterocycles. The van der Waals surface area contributed by atoms with E-state index in [0.29, 0.717) is 11.8 Å². The Morgan fingerprint density at radius 3 is 2.05 bits per heavy atom. The number of halogens is 2. The van der Waals surface area contributed by atoms with Gasteiger partial charge in [0.15, 0.2) is 0 Å². The monoisotopic (exact) mass is 710 g/mol. The maximum atomic E-state index is 5.82. The van der Waals surface area contributed by atoms with E-state index in [1.807, 2.05) is 42.7 Å². The van der Waals surface area contributed by atoms with Crippen molar-refractivity contribution < 1.29 is 23.0 Å². The van der Waals surface area contributed by atoms with Gasteiger partial charge in [-0.3, -0.25) is 0 Å². The SMILES string of the molecule is CC(C)Oc1ccccc1[CH]=[Ru]([Cl])[Cl].COc1cccc2c1CC[C@]21[CH-]N(c2c(C(C)C)cccc2C(C)C)C(C)(C)C1. The van der Waals surface area contributed by atoms with Gasteiger partial charge in [-0.15, -0.1) is 5.41 Å². The van der Waals surface area contributed by atoms with Crippen LogP contribution >= 0.6 is 19.4 Å². The van der Waals surface area contributed by atoms with Gasteiger partial charge in [0.2, 0.25) is 0 Å². The van der Waals surface area contributed by atoms with E-state index in [0.717, 1.165) is 29.9 Å².